The van der Waals surface area contributed by atoms with Gasteiger partial charge in [0, 0.05) is 64.6 Å². The van der Waals surface area contributed by atoms with Gasteiger partial charge in [0.05, 0.1) is 42.0 Å². The van der Waals surface area contributed by atoms with Crippen molar-refractivity contribution in [1.82, 2.24) is 4.90 Å². The summed E-state index contributed by atoms with van der Waals surface area (Å²) in [5.74, 6) is -5.04. The van der Waals surface area contributed by atoms with Crippen molar-refractivity contribution in [2.75, 3.05) is 41.5 Å². The van der Waals surface area contributed by atoms with Crippen molar-refractivity contribution in [2.24, 2.45) is 23.7 Å². The number of ketones is 1. The molecule has 0 bridgehead atoms. The number of Topliss-reactive ketones (excluding diaryl/α,β-unsaturated/α-hetero) is 1. The highest BCUT2D eigenvalue weighted by molar-refractivity contribution is 5.83. The van der Waals surface area contributed by atoms with Crippen LogP contribution < -0.4 is 0 Å². The van der Waals surface area contributed by atoms with Crippen LogP contribution >= 0.6 is 0 Å². The molecule has 0 aromatic carbocycles. The summed E-state index contributed by atoms with van der Waals surface area (Å²) >= 11 is 0. The van der Waals surface area contributed by atoms with Crippen molar-refractivity contribution in [3.05, 3.63) is 0 Å². The minimum atomic E-state index is -1.99. The average Bonchev–Trinajstić information content (AvgIpc) is 3.17. The maximum atomic E-state index is 14.4. The van der Waals surface area contributed by atoms with Crippen LogP contribution in [-0.2, 0) is 57.0 Å². The van der Waals surface area contributed by atoms with Gasteiger partial charge in [-0.05, 0) is 81.3 Å². The third-order valence-electron chi connectivity index (χ3n) is 13.1. The fourth-order valence-electron chi connectivity index (χ4n) is 9.42. The quantitative estimate of drug-likeness (QED) is 0.180. The number of hydrogen-bond donors (Lipinski definition) is 3. The molecule has 18 atom stereocenters. The van der Waals surface area contributed by atoms with E-state index < -0.39 is 108 Å². The molecular weight excluding hydrogens is 770 g/mol. The molecule has 3 aliphatic heterocycles. The molecule has 0 aliphatic carbocycles. The van der Waals surface area contributed by atoms with E-state index >= 15 is 0 Å². The molecular formula is C43H77NO15. The summed E-state index contributed by atoms with van der Waals surface area (Å²) < 4.78 is 57.4. The third kappa shape index (κ3) is 12.0. The van der Waals surface area contributed by atoms with Crippen molar-refractivity contribution in [3.63, 3.8) is 0 Å². The van der Waals surface area contributed by atoms with Gasteiger partial charge in [-0.2, -0.15) is 0 Å². The van der Waals surface area contributed by atoms with Crippen LogP contribution in [0.5, 0.6) is 0 Å². The number of cyclic esters (lactones) is 1. The van der Waals surface area contributed by atoms with Crippen molar-refractivity contribution in [3.8, 4) is 0 Å². The second-order valence-corrected chi connectivity index (χ2v) is 18.1. The normalized spacial score (nSPS) is 44.5. The van der Waals surface area contributed by atoms with Crippen LogP contribution in [0.2, 0.25) is 0 Å². The highest BCUT2D eigenvalue weighted by Crippen LogP contribution is 2.42. The second kappa shape index (κ2) is 21.5. The fraction of sp³-hybridized carbons (Fsp3) is 0.930. The summed E-state index contributed by atoms with van der Waals surface area (Å²) in [4.78, 5) is 42.8. The molecule has 0 aromatic heterocycles. The molecule has 0 unspecified atom stereocenters. The number of nitrogens with zero attached hydrogens (tertiary/aromatic N) is 1. The summed E-state index contributed by atoms with van der Waals surface area (Å²) in [6, 6.07) is -0.137. The number of carbonyl (C=O) groups excluding carboxylic acids is 3. The molecule has 3 rings (SSSR count). The van der Waals surface area contributed by atoms with E-state index in [1.54, 1.807) is 41.5 Å². The summed E-state index contributed by atoms with van der Waals surface area (Å²) in [6.45, 7) is 18.8. The van der Waals surface area contributed by atoms with E-state index in [1.807, 2.05) is 34.9 Å². The second-order valence-electron chi connectivity index (χ2n) is 18.1. The molecule has 344 valence electrons. The van der Waals surface area contributed by atoms with Crippen LogP contribution in [0.4, 0.5) is 0 Å². The Balaban J connectivity index is 2.27. The van der Waals surface area contributed by atoms with Gasteiger partial charge in [-0.3, -0.25) is 14.4 Å². The first-order valence-electron chi connectivity index (χ1n) is 21.4. The molecule has 0 aromatic rings. The number of ether oxygens (including phenoxy) is 9. The average molecular weight is 848 g/mol. The smallest absolute Gasteiger partial charge is 0.311 e. The number of esters is 2. The first-order chi connectivity index (χ1) is 27.4. The molecule has 0 amide bonds. The standard InChI is InChI=1S/C43H77NO15/c1-16-31-43(11,50)36(48)25(4)33(47)23(2)21-41(9,51-14)37(59-40-35(53-19-17-18-45)30(44(12)13)20-24(3)54-40)26(5)34(27(6)39(49)57-31)58-32-22-42(10,52-15)38(28(7)55-32)56-29(8)46/h23-28,30-32,34-38,40,45,48,50H,16-22H2,1-15H3/t23-,24-,25+,26+,27-,28+,30+,31-,32+,34+,35-,36-,37-,38+,40+,41+,42-,43-/m1/s1. The summed E-state index contributed by atoms with van der Waals surface area (Å²) in [7, 11) is 6.96. The number of hydrogen-bond acceptors (Lipinski definition) is 16. The summed E-state index contributed by atoms with van der Waals surface area (Å²) in [5.41, 5.74) is -4.29. The van der Waals surface area contributed by atoms with E-state index in [1.165, 1.54) is 28.1 Å². The number of aliphatic hydroxyl groups excluding tert-OH is 2. The first-order valence-corrected chi connectivity index (χ1v) is 21.4. The third-order valence-corrected chi connectivity index (χ3v) is 13.1. The Morgan fingerprint density at radius 3 is 2.05 bits per heavy atom. The zero-order valence-corrected chi connectivity index (χ0v) is 38.3. The number of methoxy groups -OCH3 is 2. The molecule has 3 fully saturated rings. The van der Waals surface area contributed by atoms with Crippen LogP contribution in [0.1, 0.15) is 108 Å². The monoisotopic (exact) mass is 848 g/mol. The molecule has 3 aliphatic rings. The Morgan fingerprint density at radius 1 is 0.898 bits per heavy atom. The number of rotatable bonds is 13. The van der Waals surface area contributed by atoms with Gasteiger partial charge in [0.15, 0.2) is 18.7 Å². The lowest BCUT2D eigenvalue weighted by molar-refractivity contribution is -0.323. The fourth-order valence-corrected chi connectivity index (χ4v) is 9.42. The summed E-state index contributed by atoms with van der Waals surface area (Å²) in [6.07, 6.45) is -7.59. The maximum absolute atomic E-state index is 14.4. The van der Waals surface area contributed by atoms with Gasteiger partial charge in [-0.1, -0.05) is 27.7 Å². The SMILES string of the molecule is CC[C@H]1OC(=O)[C@H](C)[C@@H](O[C@H]2C[C@@](C)(OC)[C@@H](OC(C)=O)[C@H](C)O2)[C@H](C)[C@@H](O[C@@H]2O[C@H](C)C[C@H](N(C)C)[C@H]2OCCCO)[C@@](C)(OC)C[C@@H](C)C(=O)[C@H](C)[C@@H](O)[C@]1(C)O. The topological polar surface area (TPSA) is 198 Å². The summed E-state index contributed by atoms with van der Waals surface area (Å²) in [5, 5.41) is 32.9. The largest absolute Gasteiger partial charge is 0.459 e. The van der Waals surface area contributed by atoms with Gasteiger partial charge in [0.25, 0.3) is 0 Å². The predicted molar refractivity (Wildman–Crippen MR) is 216 cm³/mol. The van der Waals surface area contributed by atoms with Crippen molar-refractivity contribution in [2.45, 2.75) is 193 Å². The molecule has 16 heteroatoms. The minimum Gasteiger partial charge on any atom is -0.459 e. The number of carbonyl (C=O) groups is 3. The molecule has 59 heavy (non-hydrogen) atoms. The van der Waals surface area contributed by atoms with Gasteiger partial charge in [-0.25, -0.2) is 0 Å². The zero-order chi connectivity index (χ0) is 44.8. The Bertz CT molecular complexity index is 1370. The lowest BCUT2D eigenvalue weighted by Crippen LogP contribution is -2.62. The minimum absolute atomic E-state index is 0.0600. The van der Waals surface area contributed by atoms with Crippen LogP contribution in [0, 0.1) is 23.7 Å². The first kappa shape index (κ1) is 51.5. The molecule has 0 saturated carbocycles. The van der Waals surface area contributed by atoms with Gasteiger partial charge in [0.2, 0.25) is 0 Å². The van der Waals surface area contributed by atoms with Crippen LogP contribution in [0.25, 0.3) is 0 Å². The highest BCUT2D eigenvalue weighted by Gasteiger charge is 2.55. The van der Waals surface area contributed by atoms with E-state index in [2.05, 4.69) is 4.90 Å². The van der Waals surface area contributed by atoms with Crippen LogP contribution in [-0.4, -0.2) is 164 Å². The van der Waals surface area contributed by atoms with E-state index in [0.29, 0.717) is 12.8 Å². The van der Waals surface area contributed by atoms with Crippen molar-refractivity contribution in [1.29, 1.82) is 0 Å². The molecule has 3 saturated heterocycles. The highest BCUT2D eigenvalue weighted by atomic mass is 16.7. The molecule has 3 N–H and O–H groups in total. The predicted octanol–water partition coefficient (Wildman–Crippen LogP) is 3.42. The molecule has 16 nitrogen and oxygen atoms in total. The molecule has 3 heterocycles. The van der Waals surface area contributed by atoms with Gasteiger partial charge in [-0.15, -0.1) is 0 Å². The van der Waals surface area contributed by atoms with E-state index in [4.69, 9.17) is 42.6 Å². The lowest BCUT2D eigenvalue weighted by Gasteiger charge is -2.50. The molecule has 0 spiro atoms. The molecule has 0 radical (unpaired) electrons. The lowest BCUT2D eigenvalue weighted by atomic mass is 9.74. The Kier molecular flexibility index (Phi) is 18.8. The number of aliphatic hydroxyl groups is 3. The number of likely N-dealkylation sites (N-methyl/N-ethyl adjacent to an activating group) is 1. The van der Waals surface area contributed by atoms with Gasteiger partial charge < -0.3 is 62.9 Å². The zero-order valence-electron chi connectivity index (χ0n) is 38.3. The van der Waals surface area contributed by atoms with E-state index in [-0.39, 0.29) is 50.4 Å². The Morgan fingerprint density at radius 2 is 1.51 bits per heavy atom. The van der Waals surface area contributed by atoms with Crippen molar-refractivity contribution >= 4 is 17.7 Å². The Labute approximate surface area is 352 Å². The van der Waals surface area contributed by atoms with Crippen molar-refractivity contribution < 1.29 is 72.3 Å². The van der Waals surface area contributed by atoms with E-state index in [9.17, 15) is 29.7 Å². The van der Waals surface area contributed by atoms with E-state index in [0.717, 1.165) is 0 Å². The Hall–Kier alpha value is -1.83. The van der Waals surface area contributed by atoms with Crippen LogP contribution in [0.3, 0.4) is 0 Å². The van der Waals surface area contributed by atoms with Crippen LogP contribution in [0.15, 0.2) is 0 Å². The maximum Gasteiger partial charge on any atom is 0.311 e. The van der Waals surface area contributed by atoms with Gasteiger partial charge in [0.1, 0.15) is 29.2 Å². The van der Waals surface area contributed by atoms with Gasteiger partial charge >= 0.3 is 11.9 Å².